The van der Waals surface area contributed by atoms with E-state index in [1.807, 2.05) is 18.7 Å². The molecule has 0 aliphatic carbocycles. The van der Waals surface area contributed by atoms with Gasteiger partial charge in [-0.25, -0.2) is 0 Å². The molecule has 2 N–H and O–H groups in total. The fourth-order valence-corrected chi connectivity index (χ4v) is 2.13. The lowest BCUT2D eigenvalue weighted by molar-refractivity contribution is -0.144. The summed E-state index contributed by atoms with van der Waals surface area (Å²) >= 11 is 0. The normalized spacial score (nSPS) is 26.1. The number of likely N-dealkylation sites (tertiary alicyclic amines) is 1. The molecule has 1 aliphatic rings. The number of amides is 1. The van der Waals surface area contributed by atoms with Crippen molar-refractivity contribution in [3.05, 3.63) is 0 Å². The standard InChI is InChI=1S/C12H24N2O/c1-4-12(3,9-13)11(15)14-8-6-5-7-10(14)2/h10H,4-9,13H2,1-3H3. The van der Waals surface area contributed by atoms with E-state index in [4.69, 9.17) is 5.73 Å². The lowest BCUT2D eigenvalue weighted by Gasteiger charge is -2.39. The van der Waals surface area contributed by atoms with Crippen molar-refractivity contribution in [2.45, 2.75) is 52.5 Å². The lowest BCUT2D eigenvalue weighted by Crippen LogP contribution is -2.51. The molecule has 0 aromatic heterocycles. The number of nitrogens with two attached hydrogens (primary N) is 1. The Kier molecular flexibility index (Phi) is 4.14. The van der Waals surface area contributed by atoms with E-state index in [1.165, 1.54) is 6.42 Å². The zero-order chi connectivity index (χ0) is 11.5. The summed E-state index contributed by atoms with van der Waals surface area (Å²) in [5.41, 5.74) is 5.37. The molecule has 1 rings (SSSR count). The number of hydrogen-bond donors (Lipinski definition) is 1. The van der Waals surface area contributed by atoms with Gasteiger partial charge >= 0.3 is 0 Å². The maximum Gasteiger partial charge on any atom is 0.230 e. The van der Waals surface area contributed by atoms with E-state index in [1.54, 1.807) is 0 Å². The van der Waals surface area contributed by atoms with E-state index in [0.29, 0.717) is 12.6 Å². The van der Waals surface area contributed by atoms with Gasteiger partial charge in [0, 0.05) is 19.1 Å². The van der Waals surface area contributed by atoms with Crippen LogP contribution in [0.1, 0.15) is 46.5 Å². The highest BCUT2D eigenvalue weighted by molar-refractivity contribution is 5.83. The van der Waals surface area contributed by atoms with Gasteiger partial charge in [-0.05, 0) is 39.5 Å². The second-order valence-electron chi connectivity index (χ2n) is 4.96. The summed E-state index contributed by atoms with van der Waals surface area (Å²) in [5.74, 6) is 0.250. The van der Waals surface area contributed by atoms with Gasteiger partial charge in [0.2, 0.25) is 5.91 Å². The topological polar surface area (TPSA) is 46.3 Å². The van der Waals surface area contributed by atoms with Gasteiger partial charge < -0.3 is 10.6 Å². The van der Waals surface area contributed by atoms with Gasteiger partial charge in [-0.3, -0.25) is 4.79 Å². The molecule has 2 unspecified atom stereocenters. The first-order valence-electron chi connectivity index (χ1n) is 6.06. The molecule has 0 aromatic rings. The average molecular weight is 212 g/mol. The molecule has 0 spiro atoms. The number of hydrogen-bond acceptors (Lipinski definition) is 2. The molecule has 1 saturated heterocycles. The number of nitrogens with zero attached hydrogens (tertiary/aromatic N) is 1. The Morgan fingerprint density at radius 2 is 2.20 bits per heavy atom. The van der Waals surface area contributed by atoms with Gasteiger partial charge in [0.1, 0.15) is 0 Å². The van der Waals surface area contributed by atoms with Crippen molar-refractivity contribution >= 4 is 5.91 Å². The van der Waals surface area contributed by atoms with E-state index in [9.17, 15) is 4.79 Å². The number of piperidine rings is 1. The maximum absolute atomic E-state index is 12.3. The molecule has 0 radical (unpaired) electrons. The van der Waals surface area contributed by atoms with Gasteiger partial charge in [0.15, 0.2) is 0 Å². The summed E-state index contributed by atoms with van der Waals surface area (Å²) in [6.45, 7) is 7.53. The van der Waals surface area contributed by atoms with Crippen LogP contribution in [0.3, 0.4) is 0 Å². The van der Waals surface area contributed by atoms with Crippen molar-refractivity contribution in [3.63, 3.8) is 0 Å². The largest absolute Gasteiger partial charge is 0.339 e. The van der Waals surface area contributed by atoms with Gasteiger partial charge in [0.25, 0.3) is 0 Å². The molecule has 1 amide bonds. The van der Waals surface area contributed by atoms with Crippen molar-refractivity contribution in [2.24, 2.45) is 11.1 Å². The van der Waals surface area contributed by atoms with E-state index < -0.39 is 0 Å². The maximum atomic E-state index is 12.3. The van der Waals surface area contributed by atoms with E-state index in [0.717, 1.165) is 25.8 Å². The molecule has 88 valence electrons. The summed E-state index contributed by atoms with van der Waals surface area (Å²) in [6, 6.07) is 0.392. The molecule has 3 nitrogen and oxygen atoms in total. The Labute approximate surface area is 93.0 Å². The van der Waals surface area contributed by atoms with E-state index in [-0.39, 0.29) is 11.3 Å². The van der Waals surface area contributed by atoms with Crippen LogP contribution in [0, 0.1) is 5.41 Å². The summed E-state index contributed by atoms with van der Waals surface area (Å²) < 4.78 is 0. The molecule has 2 atom stereocenters. The zero-order valence-electron chi connectivity index (χ0n) is 10.3. The third kappa shape index (κ3) is 2.51. The fraction of sp³-hybridized carbons (Fsp3) is 0.917. The average Bonchev–Trinajstić information content (AvgIpc) is 2.28. The molecule has 3 heteroatoms. The second-order valence-corrected chi connectivity index (χ2v) is 4.96. The Hall–Kier alpha value is -0.570. The van der Waals surface area contributed by atoms with Crippen molar-refractivity contribution in [1.29, 1.82) is 0 Å². The van der Waals surface area contributed by atoms with Crippen molar-refractivity contribution in [2.75, 3.05) is 13.1 Å². The van der Waals surface area contributed by atoms with Crippen LogP contribution in [0.15, 0.2) is 0 Å². The van der Waals surface area contributed by atoms with Gasteiger partial charge in [0.05, 0.1) is 5.41 Å². The molecular formula is C12H24N2O. The highest BCUT2D eigenvalue weighted by atomic mass is 16.2. The fourth-order valence-electron chi connectivity index (χ4n) is 2.13. The number of rotatable bonds is 3. The van der Waals surface area contributed by atoms with Crippen LogP contribution >= 0.6 is 0 Å². The molecule has 0 bridgehead atoms. The Balaban J connectivity index is 2.73. The minimum atomic E-state index is -0.356. The highest BCUT2D eigenvalue weighted by Crippen LogP contribution is 2.27. The van der Waals surface area contributed by atoms with Gasteiger partial charge in [-0.2, -0.15) is 0 Å². The smallest absolute Gasteiger partial charge is 0.230 e. The SMILES string of the molecule is CCC(C)(CN)C(=O)N1CCCCC1C. The molecular weight excluding hydrogens is 188 g/mol. The highest BCUT2D eigenvalue weighted by Gasteiger charge is 2.36. The molecule has 0 saturated carbocycles. The van der Waals surface area contributed by atoms with Crippen LogP contribution in [0.5, 0.6) is 0 Å². The first-order chi connectivity index (χ1) is 7.05. The predicted molar refractivity (Wildman–Crippen MR) is 62.5 cm³/mol. The molecule has 0 aromatic carbocycles. The first-order valence-corrected chi connectivity index (χ1v) is 6.06. The van der Waals surface area contributed by atoms with Crippen molar-refractivity contribution in [1.82, 2.24) is 4.90 Å². The minimum Gasteiger partial charge on any atom is -0.339 e. The quantitative estimate of drug-likeness (QED) is 0.775. The van der Waals surface area contributed by atoms with Crippen molar-refractivity contribution in [3.8, 4) is 0 Å². The molecule has 15 heavy (non-hydrogen) atoms. The van der Waals surface area contributed by atoms with Crippen LogP contribution in [0.25, 0.3) is 0 Å². The van der Waals surface area contributed by atoms with Crippen LogP contribution in [0.4, 0.5) is 0 Å². The van der Waals surface area contributed by atoms with Crippen LogP contribution < -0.4 is 5.73 Å². The van der Waals surface area contributed by atoms with E-state index in [2.05, 4.69) is 6.92 Å². The van der Waals surface area contributed by atoms with Gasteiger partial charge in [-0.15, -0.1) is 0 Å². The number of carbonyl (C=O) groups excluding carboxylic acids is 1. The summed E-state index contributed by atoms with van der Waals surface area (Å²) in [7, 11) is 0. The summed E-state index contributed by atoms with van der Waals surface area (Å²) in [5, 5.41) is 0. The third-order valence-electron chi connectivity index (χ3n) is 3.81. The Bertz CT molecular complexity index is 224. The van der Waals surface area contributed by atoms with Crippen molar-refractivity contribution < 1.29 is 4.79 Å². The lowest BCUT2D eigenvalue weighted by atomic mass is 9.84. The Morgan fingerprint density at radius 1 is 1.53 bits per heavy atom. The third-order valence-corrected chi connectivity index (χ3v) is 3.81. The second kappa shape index (κ2) is 4.97. The van der Waals surface area contributed by atoms with Crippen LogP contribution in [-0.4, -0.2) is 29.9 Å². The molecule has 1 aliphatic heterocycles. The monoisotopic (exact) mass is 212 g/mol. The van der Waals surface area contributed by atoms with Crippen LogP contribution in [0.2, 0.25) is 0 Å². The minimum absolute atomic E-state index is 0.250. The first kappa shape index (κ1) is 12.5. The molecule has 1 heterocycles. The predicted octanol–water partition coefficient (Wildman–Crippen LogP) is 1.76. The van der Waals surface area contributed by atoms with E-state index >= 15 is 0 Å². The van der Waals surface area contributed by atoms with Gasteiger partial charge in [-0.1, -0.05) is 6.92 Å². The molecule has 1 fully saturated rings. The van der Waals surface area contributed by atoms with Crippen LogP contribution in [-0.2, 0) is 4.79 Å². The summed E-state index contributed by atoms with van der Waals surface area (Å²) in [4.78, 5) is 14.4. The zero-order valence-corrected chi connectivity index (χ0v) is 10.3. The Morgan fingerprint density at radius 3 is 2.67 bits per heavy atom. The summed E-state index contributed by atoms with van der Waals surface area (Å²) in [6.07, 6.45) is 4.35. The number of carbonyl (C=O) groups is 1.